The number of imide groups is 1. The highest BCUT2D eigenvalue weighted by molar-refractivity contribution is 6.07. The number of hydrogen-bond donors (Lipinski definition) is 1. The molecule has 1 aliphatic rings. The fraction of sp³-hybridized carbons (Fsp3) is 0.304. The third-order valence-electron chi connectivity index (χ3n) is 5.45. The van der Waals surface area contributed by atoms with Gasteiger partial charge >= 0.3 is 6.03 Å². The van der Waals surface area contributed by atoms with Crippen molar-refractivity contribution in [3.8, 4) is 17.1 Å². The fourth-order valence-corrected chi connectivity index (χ4v) is 3.64. The molecule has 1 fully saturated rings. The summed E-state index contributed by atoms with van der Waals surface area (Å²) >= 11 is 0. The predicted octanol–water partition coefficient (Wildman–Crippen LogP) is 3.66. The molecule has 4 rings (SSSR count). The number of urea groups is 1. The molecule has 0 aliphatic carbocycles. The van der Waals surface area contributed by atoms with Gasteiger partial charge in [-0.25, -0.2) is 4.79 Å². The van der Waals surface area contributed by atoms with Crippen LogP contribution in [0.25, 0.3) is 11.4 Å². The lowest BCUT2D eigenvalue weighted by atomic mass is 9.91. The predicted molar refractivity (Wildman–Crippen MR) is 113 cm³/mol. The van der Waals surface area contributed by atoms with E-state index in [-0.39, 0.29) is 18.3 Å². The molecule has 1 aromatic heterocycles. The molecule has 0 unspecified atom stereocenters. The third-order valence-corrected chi connectivity index (χ3v) is 5.45. The summed E-state index contributed by atoms with van der Waals surface area (Å²) in [6.07, 6.45) is 2.01. The topological polar surface area (TPSA) is 97.6 Å². The standard InChI is InChI=1S/C23H24N4O4/c1-4-5-15-6-10-17(11-7-15)23(2)21(28)27(22(29)25-23)14-19-24-20(26-31-19)16-8-12-18(30-3)13-9-16/h6-13H,4-5,14H2,1-3H3,(H,25,29)/t23-/m0/s1. The SMILES string of the molecule is CCCc1ccc([C@]2(C)NC(=O)N(Cc3nc(-c4ccc(OC)cc4)no3)C2=O)cc1. The fourth-order valence-electron chi connectivity index (χ4n) is 3.64. The number of hydrogen-bond acceptors (Lipinski definition) is 6. The maximum Gasteiger partial charge on any atom is 0.325 e. The quantitative estimate of drug-likeness (QED) is 0.586. The van der Waals surface area contributed by atoms with Crippen LogP contribution in [0.5, 0.6) is 5.75 Å². The van der Waals surface area contributed by atoms with Crippen LogP contribution in [-0.2, 0) is 23.3 Å². The first-order valence-electron chi connectivity index (χ1n) is 10.1. The van der Waals surface area contributed by atoms with Gasteiger partial charge in [0.2, 0.25) is 11.7 Å². The number of ether oxygens (including phenoxy) is 1. The molecule has 160 valence electrons. The summed E-state index contributed by atoms with van der Waals surface area (Å²) < 4.78 is 10.4. The van der Waals surface area contributed by atoms with Gasteiger partial charge in [0, 0.05) is 5.56 Å². The Morgan fingerprint density at radius 3 is 2.45 bits per heavy atom. The summed E-state index contributed by atoms with van der Waals surface area (Å²) in [5.41, 5.74) is 1.53. The lowest BCUT2D eigenvalue weighted by molar-refractivity contribution is -0.131. The molecule has 0 bridgehead atoms. The van der Waals surface area contributed by atoms with Crippen molar-refractivity contribution in [2.24, 2.45) is 0 Å². The number of carbonyl (C=O) groups excluding carboxylic acids is 2. The van der Waals surface area contributed by atoms with Crippen molar-refractivity contribution in [2.45, 2.75) is 38.8 Å². The van der Waals surface area contributed by atoms with Gasteiger partial charge in [-0.05, 0) is 48.7 Å². The van der Waals surface area contributed by atoms with E-state index in [1.165, 1.54) is 5.56 Å². The average molecular weight is 420 g/mol. The van der Waals surface area contributed by atoms with Gasteiger partial charge in [-0.3, -0.25) is 9.69 Å². The number of aromatic nitrogens is 2. The molecule has 2 heterocycles. The summed E-state index contributed by atoms with van der Waals surface area (Å²) in [7, 11) is 1.59. The first-order valence-corrected chi connectivity index (χ1v) is 10.1. The van der Waals surface area contributed by atoms with Crippen molar-refractivity contribution in [3.05, 3.63) is 65.5 Å². The zero-order valence-corrected chi connectivity index (χ0v) is 17.7. The Morgan fingerprint density at radius 2 is 1.81 bits per heavy atom. The van der Waals surface area contributed by atoms with Crippen LogP contribution in [0.2, 0.25) is 0 Å². The summed E-state index contributed by atoms with van der Waals surface area (Å²) in [6.45, 7) is 3.72. The van der Waals surface area contributed by atoms with Gasteiger partial charge in [0.25, 0.3) is 5.91 Å². The molecule has 0 saturated carbocycles. The molecule has 8 heteroatoms. The minimum Gasteiger partial charge on any atom is -0.497 e. The Balaban J connectivity index is 1.51. The Hall–Kier alpha value is -3.68. The molecule has 1 saturated heterocycles. The van der Waals surface area contributed by atoms with Crippen LogP contribution in [0, 0.1) is 0 Å². The van der Waals surface area contributed by atoms with E-state index in [1.807, 2.05) is 24.3 Å². The number of methoxy groups -OCH3 is 1. The highest BCUT2D eigenvalue weighted by Crippen LogP contribution is 2.30. The van der Waals surface area contributed by atoms with Gasteiger partial charge in [-0.2, -0.15) is 4.98 Å². The number of nitrogens with zero attached hydrogens (tertiary/aromatic N) is 3. The zero-order chi connectivity index (χ0) is 22.0. The lowest BCUT2D eigenvalue weighted by Crippen LogP contribution is -2.40. The van der Waals surface area contributed by atoms with Gasteiger partial charge in [0.05, 0.1) is 7.11 Å². The van der Waals surface area contributed by atoms with Crippen LogP contribution in [0.3, 0.4) is 0 Å². The molecule has 1 aliphatic heterocycles. The van der Waals surface area contributed by atoms with E-state index in [0.717, 1.165) is 28.9 Å². The van der Waals surface area contributed by atoms with Crippen LogP contribution in [-0.4, -0.2) is 34.1 Å². The maximum absolute atomic E-state index is 13.1. The van der Waals surface area contributed by atoms with Crippen LogP contribution in [0.15, 0.2) is 53.1 Å². The third kappa shape index (κ3) is 3.88. The molecule has 3 aromatic rings. The van der Waals surface area contributed by atoms with E-state index in [2.05, 4.69) is 22.4 Å². The van der Waals surface area contributed by atoms with Gasteiger partial charge in [0.1, 0.15) is 17.8 Å². The summed E-state index contributed by atoms with van der Waals surface area (Å²) in [5, 5.41) is 6.76. The van der Waals surface area contributed by atoms with Gasteiger partial charge in [-0.1, -0.05) is 42.8 Å². The number of nitrogens with one attached hydrogen (secondary N) is 1. The number of rotatable bonds is 7. The number of carbonyl (C=O) groups is 2. The van der Waals surface area contributed by atoms with E-state index in [9.17, 15) is 9.59 Å². The summed E-state index contributed by atoms with van der Waals surface area (Å²) in [5.74, 6) is 0.912. The van der Waals surface area contributed by atoms with Crippen molar-refractivity contribution in [3.63, 3.8) is 0 Å². The number of benzene rings is 2. The van der Waals surface area contributed by atoms with Crippen LogP contribution >= 0.6 is 0 Å². The Labute approximate surface area is 180 Å². The van der Waals surface area contributed by atoms with E-state index < -0.39 is 11.6 Å². The molecular weight excluding hydrogens is 396 g/mol. The molecule has 31 heavy (non-hydrogen) atoms. The number of aryl methyl sites for hydroxylation is 1. The monoisotopic (exact) mass is 420 g/mol. The minimum absolute atomic E-state index is 0.0999. The average Bonchev–Trinajstić information content (AvgIpc) is 3.34. The van der Waals surface area contributed by atoms with E-state index in [4.69, 9.17) is 9.26 Å². The van der Waals surface area contributed by atoms with Gasteiger partial charge in [0.15, 0.2) is 0 Å². The van der Waals surface area contributed by atoms with Crippen LogP contribution in [0.4, 0.5) is 4.79 Å². The molecule has 2 aromatic carbocycles. The second-order valence-electron chi connectivity index (χ2n) is 7.63. The molecule has 3 amide bonds. The molecule has 1 atom stereocenters. The Kier molecular flexibility index (Phi) is 5.46. The van der Waals surface area contributed by atoms with Crippen LogP contribution < -0.4 is 10.1 Å². The largest absolute Gasteiger partial charge is 0.497 e. The summed E-state index contributed by atoms with van der Waals surface area (Å²) in [6, 6.07) is 14.5. The van der Waals surface area contributed by atoms with Crippen LogP contribution in [0.1, 0.15) is 37.3 Å². The van der Waals surface area contributed by atoms with Crippen molar-refractivity contribution in [1.29, 1.82) is 0 Å². The lowest BCUT2D eigenvalue weighted by Gasteiger charge is -2.22. The van der Waals surface area contributed by atoms with Crippen molar-refractivity contribution >= 4 is 11.9 Å². The highest BCUT2D eigenvalue weighted by Gasteiger charge is 2.49. The number of amides is 3. The molecule has 8 nitrogen and oxygen atoms in total. The highest BCUT2D eigenvalue weighted by atomic mass is 16.5. The minimum atomic E-state index is -1.14. The Morgan fingerprint density at radius 1 is 1.10 bits per heavy atom. The van der Waals surface area contributed by atoms with E-state index in [0.29, 0.717) is 11.6 Å². The smallest absolute Gasteiger partial charge is 0.325 e. The molecule has 0 radical (unpaired) electrons. The molecule has 0 spiro atoms. The molecule has 1 N–H and O–H groups in total. The van der Waals surface area contributed by atoms with E-state index >= 15 is 0 Å². The van der Waals surface area contributed by atoms with Gasteiger partial charge in [-0.15, -0.1) is 0 Å². The zero-order valence-electron chi connectivity index (χ0n) is 17.7. The second-order valence-corrected chi connectivity index (χ2v) is 7.63. The molecular formula is C23H24N4O4. The Bertz CT molecular complexity index is 1090. The van der Waals surface area contributed by atoms with Crippen molar-refractivity contribution in [2.75, 3.05) is 7.11 Å². The summed E-state index contributed by atoms with van der Waals surface area (Å²) in [4.78, 5) is 31.2. The first kappa shape index (κ1) is 20.6. The van der Waals surface area contributed by atoms with Crippen molar-refractivity contribution in [1.82, 2.24) is 20.4 Å². The van der Waals surface area contributed by atoms with Gasteiger partial charge < -0.3 is 14.6 Å². The normalized spacial score (nSPS) is 18.4. The van der Waals surface area contributed by atoms with Crippen molar-refractivity contribution < 1.29 is 18.8 Å². The second kappa shape index (κ2) is 8.22. The first-order chi connectivity index (χ1) is 14.9. The van der Waals surface area contributed by atoms with E-state index in [1.54, 1.807) is 38.3 Å². The maximum atomic E-state index is 13.1.